The van der Waals surface area contributed by atoms with Gasteiger partial charge in [0.25, 0.3) is 0 Å². The van der Waals surface area contributed by atoms with Crippen LogP contribution in [-0.4, -0.2) is 17.1 Å². The smallest absolute Gasteiger partial charge is 0.190 e. The van der Waals surface area contributed by atoms with Gasteiger partial charge in [-0.15, -0.1) is 0 Å². The summed E-state index contributed by atoms with van der Waals surface area (Å²) in [4.78, 5) is 7.15. The number of aliphatic hydroxyl groups is 1. The number of aliphatic hydroxyl groups excluding tert-OH is 1. The van der Waals surface area contributed by atoms with Gasteiger partial charge in [0, 0.05) is 17.6 Å². The molecule has 4 nitrogen and oxygen atoms in total. The summed E-state index contributed by atoms with van der Waals surface area (Å²) >= 11 is 7.42. The third-order valence-electron chi connectivity index (χ3n) is 3.57. The van der Waals surface area contributed by atoms with E-state index in [2.05, 4.69) is 11.6 Å². The SMILES string of the molecule is C=C(O)c1sc(N(C)c2cc(Cl)ccc2N)nc1-c1ccccc1. The summed E-state index contributed by atoms with van der Waals surface area (Å²) in [5.41, 5.74) is 9.01. The molecule has 1 heterocycles. The Morgan fingerprint density at radius 2 is 1.96 bits per heavy atom. The second-order valence-electron chi connectivity index (χ2n) is 5.25. The first-order valence-electron chi connectivity index (χ1n) is 7.20. The van der Waals surface area contributed by atoms with E-state index < -0.39 is 0 Å². The van der Waals surface area contributed by atoms with Gasteiger partial charge < -0.3 is 15.7 Å². The average Bonchev–Trinajstić information content (AvgIpc) is 3.03. The second kappa shape index (κ2) is 6.55. The lowest BCUT2D eigenvalue weighted by Gasteiger charge is -2.18. The van der Waals surface area contributed by atoms with E-state index in [1.54, 1.807) is 18.2 Å². The highest BCUT2D eigenvalue weighted by molar-refractivity contribution is 7.17. The van der Waals surface area contributed by atoms with E-state index in [1.807, 2.05) is 42.3 Å². The molecule has 6 heteroatoms. The van der Waals surface area contributed by atoms with E-state index in [4.69, 9.17) is 17.3 Å². The number of nitrogen functional groups attached to an aromatic ring is 1. The monoisotopic (exact) mass is 357 g/mol. The third kappa shape index (κ3) is 3.09. The summed E-state index contributed by atoms with van der Waals surface area (Å²) < 4.78 is 0. The van der Waals surface area contributed by atoms with Gasteiger partial charge in [0.1, 0.15) is 5.76 Å². The minimum atomic E-state index is -0.00920. The van der Waals surface area contributed by atoms with Gasteiger partial charge in [-0.3, -0.25) is 0 Å². The fraction of sp³-hybridized carbons (Fsp3) is 0.0556. The quantitative estimate of drug-likeness (QED) is 0.488. The van der Waals surface area contributed by atoms with Crippen molar-refractivity contribution in [3.05, 3.63) is 65.0 Å². The highest BCUT2D eigenvalue weighted by atomic mass is 35.5. The van der Waals surface area contributed by atoms with Crippen LogP contribution in [-0.2, 0) is 0 Å². The van der Waals surface area contributed by atoms with E-state index >= 15 is 0 Å². The van der Waals surface area contributed by atoms with Crippen LogP contribution in [0.15, 0.2) is 55.1 Å². The fourth-order valence-corrected chi connectivity index (χ4v) is 3.45. The second-order valence-corrected chi connectivity index (χ2v) is 6.66. The zero-order valence-electron chi connectivity index (χ0n) is 13.0. The molecule has 3 N–H and O–H groups in total. The molecule has 1 aromatic heterocycles. The zero-order valence-corrected chi connectivity index (χ0v) is 14.6. The highest BCUT2D eigenvalue weighted by Crippen LogP contribution is 2.39. The van der Waals surface area contributed by atoms with Crippen molar-refractivity contribution in [3.8, 4) is 11.3 Å². The molecular formula is C18H16ClN3OS. The van der Waals surface area contributed by atoms with Crippen molar-refractivity contribution in [1.82, 2.24) is 4.98 Å². The molecule has 24 heavy (non-hydrogen) atoms. The van der Waals surface area contributed by atoms with Crippen molar-refractivity contribution < 1.29 is 5.11 Å². The van der Waals surface area contributed by atoms with Gasteiger partial charge in [0.15, 0.2) is 5.13 Å². The molecule has 0 aliphatic heterocycles. The van der Waals surface area contributed by atoms with Crippen LogP contribution in [0.2, 0.25) is 5.02 Å². The lowest BCUT2D eigenvalue weighted by atomic mass is 10.1. The first-order valence-corrected chi connectivity index (χ1v) is 8.40. The van der Waals surface area contributed by atoms with Crippen LogP contribution in [0.25, 0.3) is 17.0 Å². The van der Waals surface area contributed by atoms with Crippen molar-refractivity contribution in [2.24, 2.45) is 0 Å². The maximum absolute atomic E-state index is 9.94. The number of halogens is 1. The summed E-state index contributed by atoms with van der Waals surface area (Å²) in [6, 6.07) is 15.0. The summed E-state index contributed by atoms with van der Waals surface area (Å²) in [6.07, 6.45) is 0. The summed E-state index contributed by atoms with van der Waals surface area (Å²) in [6.45, 7) is 3.65. The van der Waals surface area contributed by atoms with Gasteiger partial charge >= 0.3 is 0 Å². The zero-order chi connectivity index (χ0) is 17.3. The van der Waals surface area contributed by atoms with Crippen LogP contribution >= 0.6 is 22.9 Å². The van der Waals surface area contributed by atoms with Crippen LogP contribution in [0.3, 0.4) is 0 Å². The largest absolute Gasteiger partial charge is 0.507 e. The maximum atomic E-state index is 9.94. The normalized spacial score (nSPS) is 10.6. The van der Waals surface area contributed by atoms with E-state index in [-0.39, 0.29) is 5.76 Å². The van der Waals surface area contributed by atoms with Gasteiger partial charge in [-0.05, 0) is 18.2 Å². The van der Waals surface area contributed by atoms with Crippen LogP contribution in [0.4, 0.5) is 16.5 Å². The van der Waals surface area contributed by atoms with Gasteiger partial charge in [0.2, 0.25) is 0 Å². The molecule has 3 aromatic rings. The Balaban J connectivity index is 2.09. The lowest BCUT2D eigenvalue weighted by Crippen LogP contribution is -2.11. The molecule has 0 saturated heterocycles. The Kier molecular flexibility index (Phi) is 4.46. The van der Waals surface area contributed by atoms with Crippen molar-refractivity contribution in [1.29, 1.82) is 0 Å². The number of anilines is 3. The van der Waals surface area contributed by atoms with Gasteiger partial charge in [0.05, 0.1) is 21.9 Å². The number of hydrogen-bond donors (Lipinski definition) is 2. The maximum Gasteiger partial charge on any atom is 0.190 e. The molecular weight excluding hydrogens is 342 g/mol. The number of hydrogen-bond acceptors (Lipinski definition) is 5. The molecule has 0 aliphatic rings. The number of benzene rings is 2. The number of nitrogens with zero attached hydrogens (tertiary/aromatic N) is 2. The number of aromatic nitrogens is 1. The first kappa shape index (κ1) is 16.4. The molecule has 0 amide bonds. The van der Waals surface area contributed by atoms with Crippen LogP contribution in [0.5, 0.6) is 0 Å². The van der Waals surface area contributed by atoms with Crippen molar-refractivity contribution in [2.45, 2.75) is 0 Å². The highest BCUT2D eigenvalue weighted by Gasteiger charge is 2.19. The Morgan fingerprint density at radius 3 is 2.62 bits per heavy atom. The van der Waals surface area contributed by atoms with Crippen LogP contribution in [0.1, 0.15) is 4.88 Å². The topological polar surface area (TPSA) is 62.4 Å². The molecule has 0 atom stereocenters. The minimum absolute atomic E-state index is 0.00920. The van der Waals surface area contributed by atoms with Crippen molar-refractivity contribution >= 4 is 45.2 Å². The van der Waals surface area contributed by atoms with E-state index in [9.17, 15) is 5.11 Å². The van der Waals surface area contributed by atoms with Gasteiger partial charge in [-0.2, -0.15) is 0 Å². The molecule has 2 aromatic carbocycles. The van der Waals surface area contributed by atoms with Gasteiger partial charge in [-0.25, -0.2) is 4.98 Å². The minimum Gasteiger partial charge on any atom is -0.507 e. The Morgan fingerprint density at radius 1 is 1.25 bits per heavy atom. The number of nitrogens with two attached hydrogens (primary N) is 1. The predicted octanol–water partition coefficient (Wildman–Crippen LogP) is 5.34. The molecule has 3 rings (SSSR count). The molecule has 0 aliphatic carbocycles. The average molecular weight is 358 g/mol. The third-order valence-corrected chi connectivity index (χ3v) is 4.98. The summed E-state index contributed by atoms with van der Waals surface area (Å²) in [5, 5.41) is 11.2. The molecule has 0 saturated carbocycles. The van der Waals surface area contributed by atoms with E-state index in [1.165, 1.54) is 11.3 Å². The van der Waals surface area contributed by atoms with E-state index in [0.29, 0.717) is 26.4 Å². The molecule has 0 spiro atoms. The number of rotatable bonds is 4. The van der Waals surface area contributed by atoms with Crippen LogP contribution in [0, 0.1) is 0 Å². The van der Waals surface area contributed by atoms with Crippen LogP contribution < -0.4 is 10.6 Å². The van der Waals surface area contributed by atoms with Crippen molar-refractivity contribution in [3.63, 3.8) is 0 Å². The fourth-order valence-electron chi connectivity index (χ4n) is 2.35. The lowest BCUT2D eigenvalue weighted by molar-refractivity contribution is 0.516. The van der Waals surface area contributed by atoms with E-state index in [0.717, 1.165) is 11.3 Å². The molecule has 0 unspecified atom stereocenters. The first-order chi connectivity index (χ1) is 11.5. The van der Waals surface area contributed by atoms with Gasteiger partial charge in [-0.1, -0.05) is 59.8 Å². The molecule has 0 bridgehead atoms. The molecule has 122 valence electrons. The Hall–Kier alpha value is -2.50. The summed E-state index contributed by atoms with van der Waals surface area (Å²) in [5.74, 6) is -0.00920. The Labute approximate surface area is 149 Å². The Bertz CT molecular complexity index is 893. The van der Waals surface area contributed by atoms with Crippen molar-refractivity contribution in [2.75, 3.05) is 17.7 Å². The standard InChI is InChI=1S/C18H16ClN3OS/c1-11(23)17-16(12-6-4-3-5-7-12)21-18(24-17)22(2)15-10-13(19)8-9-14(15)20/h3-10,23H,1,20H2,2H3. The predicted molar refractivity (Wildman–Crippen MR) is 103 cm³/mol. The molecule has 0 fully saturated rings. The number of thiazole rings is 1. The summed E-state index contributed by atoms with van der Waals surface area (Å²) in [7, 11) is 1.86. The molecule has 0 radical (unpaired) electrons.